The summed E-state index contributed by atoms with van der Waals surface area (Å²) in [7, 11) is 0. The van der Waals surface area contributed by atoms with Gasteiger partial charge in [-0.3, -0.25) is 9.36 Å². The van der Waals surface area contributed by atoms with Crippen LogP contribution in [0, 0.1) is 5.82 Å². The van der Waals surface area contributed by atoms with Crippen molar-refractivity contribution in [2.45, 2.75) is 39.9 Å². The van der Waals surface area contributed by atoms with Gasteiger partial charge in [0.1, 0.15) is 17.3 Å². The second-order valence-electron chi connectivity index (χ2n) is 8.12. The molecular formula is C26H24F3NO5. The Morgan fingerprint density at radius 1 is 1.03 bits per heavy atom. The van der Waals surface area contributed by atoms with Gasteiger partial charge in [-0.05, 0) is 38.5 Å². The van der Waals surface area contributed by atoms with Crippen LogP contribution >= 0.6 is 0 Å². The molecule has 4 rings (SSSR count). The Kier molecular flexibility index (Phi) is 6.77. The molecule has 0 bridgehead atoms. The zero-order valence-corrected chi connectivity index (χ0v) is 19.3. The van der Waals surface area contributed by atoms with Crippen molar-refractivity contribution in [2.75, 3.05) is 6.61 Å². The van der Waals surface area contributed by atoms with Crippen LogP contribution in [-0.4, -0.2) is 35.0 Å². The lowest BCUT2D eigenvalue weighted by Crippen LogP contribution is -2.09. The van der Waals surface area contributed by atoms with Gasteiger partial charge in [0.15, 0.2) is 0 Å². The van der Waals surface area contributed by atoms with Crippen LogP contribution in [0.5, 0.6) is 17.4 Å². The summed E-state index contributed by atoms with van der Waals surface area (Å²) in [5.41, 5.74) is 0.339. The van der Waals surface area contributed by atoms with Crippen LogP contribution in [-0.2, 0) is 16.0 Å². The largest absolute Gasteiger partial charge is 0.494 e. The van der Waals surface area contributed by atoms with Gasteiger partial charge >= 0.3 is 12.6 Å². The number of alkyl halides is 2. The van der Waals surface area contributed by atoms with E-state index >= 15 is 0 Å². The third-order valence-corrected chi connectivity index (χ3v) is 5.38. The number of benzene rings is 3. The second kappa shape index (κ2) is 9.77. The maximum absolute atomic E-state index is 14.8. The van der Waals surface area contributed by atoms with Gasteiger partial charge in [0.25, 0.3) is 0 Å². The van der Waals surface area contributed by atoms with Crippen molar-refractivity contribution in [1.82, 2.24) is 4.57 Å². The molecule has 0 aliphatic rings. The molecule has 0 fully saturated rings. The predicted molar refractivity (Wildman–Crippen MR) is 125 cm³/mol. The molecule has 1 N–H and O–H groups in total. The number of aromatic nitrogens is 1. The molecule has 0 unspecified atom stereocenters. The number of hydrogen-bond donors (Lipinski definition) is 1. The van der Waals surface area contributed by atoms with Gasteiger partial charge in [-0.2, -0.15) is 8.78 Å². The van der Waals surface area contributed by atoms with Gasteiger partial charge in [-0.25, -0.2) is 4.39 Å². The van der Waals surface area contributed by atoms with Gasteiger partial charge in [-0.1, -0.05) is 30.3 Å². The third-order valence-electron chi connectivity index (χ3n) is 5.38. The predicted octanol–water partition coefficient (Wildman–Crippen LogP) is 6.12. The summed E-state index contributed by atoms with van der Waals surface area (Å²) < 4.78 is 58.5. The summed E-state index contributed by atoms with van der Waals surface area (Å²) in [5, 5.41) is 12.4. The summed E-state index contributed by atoms with van der Waals surface area (Å²) in [6.07, 6.45) is 0.858. The van der Waals surface area contributed by atoms with E-state index in [0.717, 1.165) is 6.07 Å². The topological polar surface area (TPSA) is 69.9 Å². The molecule has 0 aliphatic heterocycles. The van der Waals surface area contributed by atoms with Crippen LogP contribution in [0.3, 0.4) is 0 Å². The number of carbonyl (C=O) groups excluding carboxylic acids is 1. The lowest BCUT2D eigenvalue weighted by Gasteiger charge is -2.17. The Bertz CT molecular complexity index is 1400. The summed E-state index contributed by atoms with van der Waals surface area (Å²) in [5.74, 6) is -1.42. The Morgan fingerprint density at radius 3 is 2.31 bits per heavy atom. The van der Waals surface area contributed by atoms with Crippen LogP contribution in [0.4, 0.5) is 13.2 Å². The van der Waals surface area contributed by atoms with Crippen LogP contribution < -0.4 is 9.47 Å². The number of halogens is 3. The molecule has 0 saturated carbocycles. The molecule has 3 aromatic carbocycles. The first-order valence-electron chi connectivity index (χ1n) is 11.1. The van der Waals surface area contributed by atoms with E-state index in [0.29, 0.717) is 16.5 Å². The Labute approximate surface area is 199 Å². The normalized spacial score (nSPS) is 11.5. The van der Waals surface area contributed by atoms with E-state index < -0.39 is 18.4 Å². The number of fused-ring (bicyclic) bond motifs is 2. The Hall–Kier alpha value is -3.88. The highest BCUT2D eigenvalue weighted by molar-refractivity contribution is 6.13. The maximum atomic E-state index is 14.8. The summed E-state index contributed by atoms with van der Waals surface area (Å²) in [6, 6.07) is 10.8. The van der Waals surface area contributed by atoms with E-state index in [9.17, 15) is 23.1 Å². The van der Waals surface area contributed by atoms with Gasteiger partial charge < -0.3 is 19.3 Å². The van der Waals surface area contributed by atoms with Gasteiger partial charge in [-0.15, -0.1) is 0 Å². The first-order valence-corrected chi connectivity index (χ1v) is 11.1. The molecule has 6 nitrogen and oxygen atoms in total. The van der Waals surface area contributed by atoms with Gasteiger partial charge in [0.2, 0.25) is 5.88 Å². The number of carbonyl (C=O) groups is 1. The molecule has 35 heavy (non-hydrogen) atoms. The minimum Gasteiger partial charge on any atom is -0.494 e. The number of rotatable bonds is 8. The number of ether oxygens (including phenoxy) is 3. The first-order chi connectivity index (χ1) is 16.7. The van der Waals surface area contributed by atoms with Crippen molar-refractivity contribution in [3.63, 3.8) is 0 Å². The quantitative estimate of drug-likeness (QED) is 0.303. The van der Waals surface area contributed by atoms with Crippen molar-refractivity contribution in [1.29, 1.82) is 0 Å². The standard InChI is InChI=1S/C26H24F3NO5/c1-4-33-21(31)11-15-9-10-16(12-20(15)27)30-13-19-22(25(30)32)24(34-14(2)3)18-8-6-5-7-17(18)23(19)35-26(28)29/h5-10,12-14,26,32H,4,11H2,1-3H3. The van der Waals surface area contributed by atoms with E-state index in [1.165, 1.54) is 22.9 Å². The SMILES string of the molecule is CCOC(=O)Cc1ccc(-n2cc3c(OC(F)F)c4ccccc4c(OC(C)C)c3c2O)cc1F. The fourth-order valence-electron chi connectivity index (χ4n) is 4.02. The van der Waals surface area contributed by atoms with E-state index in [1.54, 1.807) is 45.0 Å². The van der Waals surface area contributed by atoms with Crippen molar-refractivity contribution >= 4 is 27.5 Å². The van der Waals surface area contributed by atoms with Crippen molar-refractivity contribution in [3.05, 3.63) is 60.0 Å². The Morgan fingerprint density at radius 2 is 1.71 bits per heavy atom. The lowest BCUT2D eigenvalue weighted by atomic mass is 10.0. The molecule has 0 amide bonds. The van der Waals surface area contributed by atoms with Crippen molar-refractivity contribution in [3.8, 4) is 23.1 Å². The molecule has 0 aliphatic carbocycles. The molecule has 0 atom stereocenters. The second-order valence-corrected chi connectivity index (χ2v) is 8.12. The number of aromatic hydroxyl groups is 1. The third kappa shape index (κ3) is 4.71. The highest BCUT2D eigenvalue weighted by Crippen LogP contribution is 2.48. The van der Waals surface area contributed by atoms with Crippen LogP contribution in [0.15, 0.2) is 48.7 Å². The zero-order valence-electron chi connectivity index (χ0n) is 19.3. The average molecular weight is 487 g/mol. The highest BCUT2D eigenvalue weighted by Gasteiger charge is 2.25. The molecule has 1 aromatic heterocycles. The molecule has 0 saturated heterocycles. The van der Waals surface area contributed by atoms with Crippen molar-refractivity contribution < 1.29 is 37.3 Å². The summed E-state index contributed by atoms with van der Waals surface area (Å²) in [4.78, 5) is 11.7. The number of hydrogen-bond acceptors (Lipinski definition) is 5. The van der Waals surface area contributed by atoms with Crippen molar-refractivity contribution in [2.24, 2.45) is 0 Å². The molecule has 4 aromatic rings. The zero-order chi connectivity index (χ0) is 25.3. The summed E-state index contributed by atoms with van der Waals surface area (Å²) in [6.45, 7) is 2.33. The fraction of sp³-hybridized carbons (Fsp3) is 0.269. The first kappa shape index (κ1) is 24.3. The lowest BCUT2D eigenvalue weighted by molar-refractivity contribution is -0.142. The molecule has 9 heteroatoms. The molecule has 0 spiro atoms. The van der Waals surface area contributed by atoms with Gasteiger partial charge in [0.05, 0.1) is 35.6 Å². The number of nitrogens with zero attached hydrogens (tertiary/aromatic N) is 1. The average Bonchev–Trinajstić information content (AvgIpc) is 3.14. The molecule has 1 heterocycles. The minimum absolute atomic E-state index is 0.125. The molecule has 0 radical (unpaired) electrons. The van der Waals surface area contributed by atoms with E-state index in [-0.39, 0.29) is 52.8 Å². The van der Waals surface area contributed by atoms with E-state index in [1.807, 2.05) is 0 Å². The fourth-order valence-corrected chi connectivity index (χ4v) is 4.02. The van der Waals surface area contributed by atoms with Gasteiger partial charge in [0, 0.05) is 17.0 Å². The smallest absolute Gasteiger partial charge is 0.387 e. The monoisotopic (exact) mass is 487 g/mol. The van der Waals surface area contributed by atoms with Crippen LogP contribution in [0.25, 0.3) is 27.2 Å². The number of esters is 1. The van der Waals surface area contributed by atoms with E-state index in [4.69, 9.17) is 14.2 Å². The van der Waals surface area contributed by atoms with Crippen LogP contribution in [0.1, 0.15) is 26.3 Å². The maximum Gasteiger partial charge on any atom is 0.387 e. The molecular weight excluding hydrogens is 463 g/mol. The van der Waals surface area contributed by atoms with E-state index in [2.05, 4.69) is 0 Å². The molecule has 184 valence electrons. The Balaban J connectivity index is 1.94. The highest BCUT2D eigenvalue weighted by atomic mass is 19.3. The minimum atomic E-state index is -3.11. The summed E-state index contributed by atoms with van der Waals surface area (Å²) >= 11 is 0. The van der Waals surface area contributed by atoms with Crippen LogP contribution in [0.2, 0.25) is 0 Å².